The minimum Gasteiger partial charge on any atom is -0.444 e. The van der Waals surface area contributed by atoms with Gasteiger partial charge in [0.15, 0.2) is 0 Å². The van der Waals surface area contributed by atoms with Gasteiger partial charge in [-0.1, -0.05) is 6.07 Å². The molecule has 1 aromatic rings. The average Bonchev–Trinajstić information content (AvgIpc) is 2.59. The Kier molecular flexibility index (Phi) is 6.71. The fourth-order valence-corrected chi connectivity index (χ4v) is 3.94. The number of carbonyl (C=O) groups is 1. The maximum atomic E-state index is 11.6. The van der Waals surface area contributed by atoms with Gasteiger partial charge in [-0.2, -0.15) is 0 Å². The van der Waals surface area contributed by atoms with Crippen molar-refractivity contribution in [3.05, 3.63) is 30.1 Å². The molecule has 1 aromatic heterocycles. The Morgan fingerprint density at radius 3 is 2.63 bits per heavy atom. The van der Waals surface area contributed by atoms with E-state index in [0.29, 0.717) is 18.5 Å². The molecule has 27 heavy (non-hydrogen) atoms. The Bertz CT molecular complexity index is 588. The molecule has 2 saturated heterocycles. The Balaban J connectivity index is 1.26. The number of hydrogen-bond acceptors (Lipinski definition) is 5. The topological polar surface area (TPSA) is 57.7 Å². The molecule has 6 nitrogen and oxygen atoms in total. The van der Waals surface area contributed by atoms with Crippen LogP contribution >= 0.6 is 0 Å². The highest BCUT2D eigenvalue weighted by Gasteiger charge is 2.33. The molecule has 6 heteroatoms. The molecular weight excluding hydrogens is 340 g/mol. The second-order valence-electron chi connectivity index (χ2n) is 8.76. The van der Waals surface area contributed by atoms with Crippen molar-refractivity contribution in [1.82, 2.24) is 20.1 Å². The summed E-state index contributed by atoms with van der Waals surface area (Å²) >= 11 is 0. The molecule has 2 aliphatic rings. The maximum Gasteiger partial charge on any atom is 0.407 e. The predicted octanol–water partition coefficient (Wildman–Crippen LogP) is 2.86. The third-order valence-electron chi connectivity index (χ3n) is 5.41. The monoisotopic (exact) mass is 374 g/mol. The zero-order chi connectivity index (χ0) is 19.3. The molecule has 0 unspecified atom stereocenters. The van der Waals surface area contributed by atoms with Gasteiger partial charge in [-0.15, -0.1) is 0 Å². The molecule has 0 aliphatic carbocycles. The molecule has 3 rings (SSSR count). The summed E-state index contributed by atoms with van der Waals surface area (Å²) in [6, 6.07) is 6.95. The number of piperidine rings is 1. The molecule has 0 spiro atoms. The van der Waals surface area contributed by atoms with Crippen LogP contribution in [0, 0.1) is 0 Å². The lowest BCUT2D eigenvalue weighted by Gasteiger charge is -2.47. The lowest BCUT2D eigenvalue weighted by molar-refractivity contribution is 0.0191. The third-order valence-corrected chi connectivity index (χ3v) is 5.41. The van der Waals surface area contributed by atoms with Crippen LogP contribution in [0.2, 0.25) is 0 Å². The number of rotatable bonds is 6. The second kappa shape index (κ2) is 9.02. The molecule has 0 atom stereocenters. The van der Waals surface area contributed by atoms with Gasteiger partial charge in [-0.25, -0.2) is 4.79 Å². The van der Waals surface area contributed by atoms with Gasteiger partial charge in [0.1, 0.15) is 5.60 Å². The van der Waals surface area contributed by atoms with E-state index in [1.807, 2.05) is 33.0 Å². The standard InChI is InChI=1S/C21H34N4O2/c1-21(2,3)27-20(26)23-11-6-12-24-15-18(16-24)25-13-8-17(9-14-25)19-7-4-5-10-22-19/h4-5,7,10,17-18H,6,8-9,11-16H2,1-3H3,(H,23,26). The van der Waals surface area contributed by atoms with Crippen molar-refractivity contribution in [3.8, 4) is 0 Å². The lowest BCUT2D eigenvalue weighted by Crippen LogP contribution is -2.60. The Hall–Kier alpha value is -1.66. The van der Waals surface area contributed by atoms with Gasteiger partial charge in [0.2, 0.25) is 0 Å². The summed E-state index contributed by atoms with van der Waals surface area (Å²) in [6.07, 6.45) is 4.98. The van der Waals surface area contributed by atoms with Crippen molar-refractivity contribution in [3.63, 3.8) is 0 Å². The Morgan fingerprint density at radius 1 is 1.26 bits per heavy atom. The number of nitrogens with one attached hydrogen (secondary N) is 1. The van der Waals surface area contributed by atoms with E-state index in [2.05, 4.69) is 32.2 Å². The largest absolute Gasteiger partial charge is 0.444 e. The molecule has 1 N–H and O–H groups in total. The number of likely N-dealkylation sites (tertiary alicyclic amines) is 2. The molecule has 0 bridgehead atoms. The number of amides is 1. The highest BCUT2D eigenvalue weighted by molar-refractivity contribution is 5.67. The van der Waals surface area contributed by atoms with E-state index in [0.717, 1.165) is 26.1 Å². The summed E-state index contributed by atoms with van der Waals surface area (Å²) in [6.45, 7) is 12.0. The molecule has 0 aromatic carbocycles. The number of pyridine rings is 1. The number of ether oxygens (including phenoxy) is 1. The molecule has 3 heterocycles. The highest BCUT2D eigenvalue weighted by atomic mass is 16.6. The number of carbonyl (C=O) groups excluding carboxylic acids is 1. The van der Waals surface area contributed by atoms with Crippen LogP contribution in [-0.4, -0.2) is 71.8 Å². The van der Waals surface area contributed by atoms with Gasteiger partial charge in [0.25, 0.3) is 0 Å². The van der Waals surface area contributed by atoms with Crippen LogP contribution in [0.5, 0.6) is 0 Å². The van der Waals surface area contributed by atoms with Crippen LogP contribution in [0.1, 0.15) is 51.6 Å². The van der Waals surface area contributed by atoms with Gasteiger partial charge < -0.3 is 15.0 Å². The zero-order valence-corrected chi connectivity index (χ0v) is 17.0. The van der Waals surface area contributed by atoms with Crippen molar-refractivity contribution in [2.24, 2.45) is 0 Å². The van der Waals surface area contributed by atoms with Crippen molar-refractivity contribution >= 4 is 6.09 Å². The van der Waals surface area contributed by atoms with Crippen molar-refractivity contribution < 1.29 is 9.53 Å². The highest BCUT2D eigenvalue weighted by Crippen LogP contribution is 2.29. The second-order valence-corrected chi connectivity index (χ2v) is 8.76. The van der Waals surface area contributed by atoms with Gasteiger partial charge in [0, 0.05) is 43.5 Å². The van der Waals surface area contributed by atoms with Crippen LogP contribution in [0.25, 0.3) is 0 Å². The molecule has 0 saturated carbocycles. The van der Waals surface area contributed by atoms with Gasteiger partial charge >= 0.3 is 6.09 Å². The normalized spacial score (nSPS) is 20.3. The van der Waals surface area contributed by atoms with E-state index in [4.69, 9.17) is 4.74 Å². The summed E-state index contributed by atoms with van der Waals surface area (Å²) in [5, 5.41) is 2.83. The van der Waals surface area contributed by atoms with Crippen LogP contribution in [-0.2, 0) is 4.74 Å². The van der Waals surface area contributed by atoms with E-state index in [1.165, 1.54) is 31.6 Å². The summed E-state index contributed by atoms with van der Waals surface area (Å²) in [5.74, 6) is 0.623. The number of nitrogens with zero attached hydrogens (tertiary/aromatic N) is 3. The zero-order valence-electron chi connectivity index (χ0n) is 17.0. The fourth-order valence-electron chi connectivity index (χ4n) is 3.94. The van der Waals surface area contributed by atoms with Crippen molar-refractivity contribution in [2.45, 2.75) is 57.6 Å². The summed E-state index contributed by atoms with van der Waals surface area (Å²) in [7, 11) is 0. The lowest BCUT2D eigenvalue weighted by atomic mass is 9.91. The minimum absolute atomic E-state index is 0.320. The molecule has 2 aliphatic heterocycles. The first kappa shape index (κ1) is 20.1. The van der Waals surface area contributed by atoms with Crippen LogP contribution in [0.15, 0.2) is 24.4 Å². The SMILES string of the molecule is CC(C)(C)OC(=O)NCCCN1CC(N2CCC(c3ccccn3)CC2)C1. The minimum atomic E-state index is -0.432. The predicted molar refractivity (Wildman–Crippen MR) is 107 cm³/mol. The van der Waals surface area contributed by atoms with Crippen molar-refractivity contribution in [2.75, 3.05) is 39.3 Å². The molecule has 2 fully saturated rings. The summed E-state index contributed by atoms with van der Waals surface area (Å²) in [5.41, 5.74) is 0.823. The quantitative estimate of drug-likeness (QED) is 0.776. The Morgan fingerprint density at radius 2 is 2.00 bits per heavy atom. The van der Waals surface area contributed by atoms with E-state index < -0.39 is 5.60 Å². The van der Waals surface area contributed by atoms with Crippen LogP contribution in [0.3, 0.4) is 0 Å². The van der Waals surface area contributed by atoms with Gasteiger partial charge in [0.05, 0.1) is 0 Å². The number of alkyl carbamates (subject to hydrolysis) is 1. The van der Waals surface area contributed by atoms with Crippen LogP contribution in [0.4, 0.5) is 4.79 Å². The van der Waals surface area contributed by atoms with Gasteiger partial charge in [-0.05, 0) is 71.8 Å². The van der Waals surface area contributed by atoms with E-state index in [9.17, 15) is 4.79 Å². The number of aromatic nitrogens is 1. The summed E-state index contributed by atoms with van der Waals surface area (Å²) in [4.78, 5) is 21.3. The van der Waals surface area contributed by atoms with E-state index in [-0.39, 0.29) is 6.09 Å². The van der Waals surface area contributed by atoms with Gasteiger partial charge in [-0.3, -0.25) is 9.88 Å². The third kappa shape index (κ3) is 6.18. The average molecular weight is 375 g/mol. The maximum absolute atomic E-state index is 11.6. The molecular formula is C21H34N4O2. The summed E-state index contributed by atoms with van der Waals surface area (Å²) < 4.78 is 5.25. The van der Waals surface area contributed by atoms with Crippen LogP contribution < -0.4 is 5.32 Å². The van der Waals surface area contributed by atoms with Crippen molar-refractivity contribution in [1.29, 1.82) is 0 Å². The van der Waals surface area contributed by atoms with E-state index in [1.54, 1.807) is 0 Å². The Labute approximate surface area is 163 Å². The molecule has 0 radical (unpaired) electrons. The van der Waals surface area contributed by atoms with E-state index >= 15 is 0 Å². The fraction of sp³-hybridized carbons (Fsp3) is 0.714. The number of hydrogen-bond donors (Lipinski definition) is 1. The first-order valence-corrected chi connectivity index (χ1v) is 10.2. The molecule has 150 valence electrons. The smallest absolute Gasteiger partial charge is 0.407 e. The first-order valence-electron chi connectivity index (χ1n) is 10.2. The first-order chi connectivity index (χ1) is 12.9. The molecule has 1 amide bonds.